The second-order valence-corrected chi connectivity index (χ2v) is 7.23. The van der Waals surface area contributed by atoms with Gasteiger partial charge in [0.05, 0.1) is 11.4 Å². The number of carbonyl (C=O) groups excluding carboxylic acids is 1. The Morgan fingerprint density at radius 2 is 1.88 bits per heavy atom. The van der Waals surface area contributed by atoms with Crippen LogP contribution >= 0.6 is 0 Å². The lowest BCUT2D eigenvalue weighted by atomic mass is 10.0. The van der Waals surface area contributed by atoms with Crippen molar-refractivity contribution in [1.29, 1.82) is 0 Å². The Kier molecular flexibility index (Phi) is 5.81. The van der Waals surface area contributed by atoms with E-state index in [9.17, 15) is 18.0 Å². The number of aryl methyl sites for hydroxylation is 2. The van der Waals surface area contributed by atoms with Crippen molar-refractivity contribution in [2.45, 2.75) is 27.0 Å². The number of halogens is 3. The normalized spacial score (nSPS) is 11.2. The van der Waals surface area contributed by atoms with Crippen LogP contribution in [0, 0.1) is 19.7 Å². The quantitative estimate of drug-likeness (QED) is 0.453. The van der Waals surface area contributed by atoms with Crippen molar-refractivity contribution < 1.29 is 22.7 Å². The van der Waals surface area contributed by atoms with Crippen molar-refractivity contribution in [3.8, 4) is 16.9 Å². The number of rotatable bonds is 6. The van der Waals surface area contributed by atoms with E-state index in [1.54, 1.807) is 44.3 Å². The highest BCUT2D eigenvalue weighted by Crippen LogP contribution is 2.30. The second kappa shape index (κ2) is 8.70. The lowest BCUT2D eigenvalue weighted by Crippen LogP contribution is -2.20. The van der Waals surface area contributed by atoms with Gasteiger partial charge in [-0.05, 0) is 60.9 Å². The number of aromatic nitrogens is 3. The zero-order valence-corrected chi connectivity index (χ0v) is 17.3. The van der Waals surface area contributed by atoms with Gasteiger partial charge in [-0.3, -0.25) is 4.79 Å². The summed E-state index contributed by atoms with van der Waals surface area (Å²) in [6, 6.07) is 12.5. The van der Waals surface area contributed by atoms with Crippen LogP contribution in [0.15, 0.2) is 54.7 Å². The van der Waals surface area contributed by atoms with Crippen LogP contribution in [0.3, 0.4) is 0 Å². The molecule has 0 radical (unpaired) electrons. The summed E-state index contributed by atoms with van der Waals surface area (Å²) in [6.07, 6.45) is 1.59. The molecule has 164 valence electrons. The van der Waals surface area contributed by atoms with E-state index in [1.165, 1.54) is 28.9 Å². The Bertz CT molecular complexity index is 1290. The summed E-state index contributed by atoms with van der Waals surface area (Å²) in [6.45, 7) is 0.318. The van der Waals surface area contributed by atoms with Crippen LogP contribution in [0.2, 0.25) is 0 Å². The highest BCUT2D eigenvalue weighted by molar-refractivity contribution is 5.96. The average molecular weight is 440 g/mol. The molecule has 2 aromatic carbocycles. The molecule has 0 aliphatic heterocycles. The van der Waals surface area contributed by atoms with Gasteiger partial charge in [0.2, 0.25) is 5.91 Å². The van der Waals surface area contributed by atoms with Crippen LogP contribution < -0.4 is 10.1 Å². The molecule has 2 aromatic heterocycles. The van der Waals surface area contributed by atoms with E-state index in [4.69, 9.17) is 0 Å². The number of nitrogens with one attached hydrogen (secondary N) is 1. The molecule has 6 nitrogen and oxygen atoms in total. The van der Waals surface area contributed by atoms with Crippen LogP contribution in [0.1, 0.15) is 11.3 Å². The minimum absolute atomic E-state index is 0.119. The molecule has 4 aromatic rings. The summed E-state index contributed by atoms with van der Waals surface area (Å²) in [5.41, 5.74) is 3.58. The van der Waals surface area contributed by atoms with Gasteiger partial charge in [-0.1, -0.05) is 18.2 Å². The highest BCUT2D eigenvalue weighted by Gasteiger charge is 2.17. The first-order chi connectivity index (χ1) is 15.3. The molecule has 0 bridgehead atoms. The maximum absolute atomic E-state index is 13.3. The molecule has 4 rings (SSSR count). The number of hydrogen-bond acceptors (Lipinski definition) is 4. The molecule has 0 saturated carbocycles. The zero-order valence-electron chi connectivity index (χ0n) is 17.3. The molecule has 32 heavy (non-hydrogen) atoms. The standard InChI is InChI=1S/C23H19F3N4O2/c1-13-3-8-18(19(11-13)32-23(25)26)28-20(31)12-30-22-21(14(2)29-30)17(9-10-27-22)15-4-6-16(24)7-5-15/h3-11,23H,12H2,1-2H3,(H,28,31). The van der Waals surface area contributed by atoms with Crippen LogP contribution in [0.4, 0.5) is 18.9 Å². The molecule has 2 heterocycles. The largest absolute Gasteiger partial charge is 0.433 e. The SMILES string of the molecule is Cc1ccc(NC(=O)Cn2nc(C)c3c(-c4ccc(F)cc4)ccnc32)c(OC(F)F)c1. The van der Waals surface area contributed by atoms with E-state index < -0.39 is 12.5 Å². The topological polar surface area (TPSA) is 69.0 Å². The third-order valence-corrected chi connectivity index (χ3v) is 4.88. The molecule has 0 spiro atoms. The molecule has 1 N–H and O–H groups in total. The number of nitrogens with zero attached hydrogens (tertiary/aromatic N) is 3. The van der Waals surface area contributed by atoms with E-state index in [1.807, 2.05) is 0 Å². The van der Waals surface area contributed by atoms with E-state index in [-0.39, 0.29) is 23.8 Å². The van der Waals surface area contributed by atoms with E-state index in [0.29, 0.717) is 16.9 Å². The van der Waals surface area contributed by atoms with Gasteiger partial charge in [0.15, 0.2) is 5.65 Å². The summed E-state index contributed by atoms with van der Waals surface area (Å²) in [4.78, 5) is 17.0. The van der Waals surface area contributed by atoms with Gasteiger partial charge in [-0.25, -0.2) is 14.1 Å². The average Bonchev–Trinajstić information content (AvgIpc) is 3.06. The number of ether oxygens (including phenoxy) is 1. The van der Waals surface area contributed by atoms with E-state index in [2.05, 4.69) is 20.1 Å². The first-order valence-electron chi connectivity index (χ1n) is 9.75. The summed E-state index contributed by atoms with van der Waals surface area (Å²) < 4.78 is 44.7. The molecule has 0 aliphatic rings. The van der Waals surface area contributed by atoms with Crippen molar-refractivity contribution >= 4 is 22.6 Å². The summed E-state index contributed by atoms with van der Waals surface area (Å²) >= 11 is 0. The molecular formula is C23H19F3N4O2. The van der Waals surface area contributed by atoms with Crippen LogP contribution in [0.25, 0.3) is 22.2 Å². The van der Waals surface area contributed by atoms with Crippen LogP contribution in [-0.4, -0.2) is 27.3 Å². The third-order valence-electron chi connectivity index (χ3n) is 4.88. The van der Waals surface area contributed by atoms with Gasteiger partial charge in [0.25, 0.3) is 0 Å². The van der Waals surface area contributed by atoms with Crippen molar-refractivity contribution in [3.05, 3.63) is 71.8 Å². The third kappa shape index (κ3) is 4.41. The molecule has 0 aliphatic carbocycles. The Morgan fingerprint density at radius 3 is 2.59 bits per heavy atom. The van der Waals surface area contributed by atoms with Crippen molar-refractivity contribution in [2.24, 2.45) is 0 Å². The number of pyridine rings is 1. The predicted octanol–water partition coefficient (Wildman–Crippen LogP) is 5.09. The second-order valence-electron chi connectivity index (χ2n) is 7.23. The van der Waals surface area contributed by atoms with E-state index >= 15 is 0 Å². The summed E-state index contributed by atoms with van der Waals surface area (Å²) in [7, 11) is 0. The summed E-state index contributed by atoms with van der Waals surface area (Å²) in [5.74, 6) is -0.938. The van der Waals surface area contributed by atoms with Gasteiger partial charge >= 0.3 is 6.61 Å². The van der Waals surface area contributed by atoms with Gasteiger partial charge < -0.3 is 10.1 Å². The maximum atomic E-state index is 13.3. The molecule has 0 unspecified atom stereocenters. The number of benzene rings is 2. The first-order valence-corrected chi connectivity index (χ1v) is 9.75. The van der Waals surface area contributed by atoms with Crippen molar-refractivity contribution in [2.75, 3.05) is 5.32 Å². The Hall–Kier alpha value is -3.88. The molecule has 0 fully saturated rings. The predicted molar refractivity (Wildman–Crippen MR) is 114 cm³/mol. The number of hydrogen-bond donors (Lipinski definition) is 1. The first kappa shape index (κ1) is 21.4. The van der Waals surface area contributed by atoms with Crippen molar-refractivity contribution in [3.63, 3.8) is 0 Å². The smallest absolute Gasteiger partial charge is 0.387 e. The van der Waals surface area contributed by atoms with Crippen LogP contribution in [-0.2, 0) is 11.3 Å². The number of alkyl halides is 2. The minimum atomic E-state index is -3.01. The van der Waals surface area contributed by atoms with Gasteiger partial charge in [-0.2, -0.15) is 13.9 Å². The number of amides is 1. The fourth-order valence-electron chi connectivity index (χ4n) is 3.51. The fraction of sp³-hybridized carbons (Fsp3) is 0.174. The maximum Gasteiger partial charge on any atom is 0.387 e. The number of carbonyl (C=O) groups is 1. The number of anilines is 1. The molecule has 1 amide bonds. The Morgan fingerprint density at radius 1 is 1.12 bits per heavy atom. The fourth-order valence-corrected chi connectivity index (χ4v) is 3.51. The van der Waals surface area contributed by atoms with Gasteiger partial charge in [0.1, 0.15) is 18.1 Å². The van der Waals surface area contributed by atoms with Crippen molar-refractivity contribution in [1.82, 2.24) is 14.8 Å². The highest BCUT2D eigenvalue weighted by atomic mass is 19.3. The monoisotopic (exact) mass is 440 g/mol. The minimum Gasteiger partial charge on any atom is -0.433 e. The van der Waals surface area contributed by atoms with Gasteiger partial charge in [-0.15, -0.1) is 0 Å². The van der Waals surface area contributed by atoms with E-state index in [0.717, 1.165) is 16.5 Å². The molecular weight excluding hydrogens is 421 g/mol. The van der Waals surface area contributed by atoms with Gasteiger partial charge in [0, 0.05) is 11.6 Å². The number of fused-ring (bicyclic) bond motifs is 1. The zero-order chi connectivity index (χ0) is 22.8. The van der Waals surface area contributed by atoms with Crippen LogP contribution in [0.5, 0.6) is 5.75 Å². The lowest BCUT2D eigenvalue weighted by molar-refractivity contribution is -0.116. The molecule has 0 saturated heterocycles. The molecule has 9 heteroatoms. The Balaban J connectivity index is 1.62. The summed E-state index contributed by atoms with van der Waals surface area (Å²) in [5, 5.41) is 7.76. The lowest BCUT2D eigenvalue weighted by Gasteiger charge is -2.13. The molecule has 0 atom stereocenters. The Labute approximate surface area is 181 Å².